The maximum absolute atomic E-state index is 13.3. The van der Waals surface area contributed by atoms with E-state index in [1.165, 1.54) is 13.2 Å². The summed E-state index contributed by atoms with van der Waals surface area (Å²) >= 11 is 1.69. The van der Waals surface area contributed by atoms with Crippen molar-refractivity contribution in [1.29, 1.82) is 0 Å². The molecule has 0 aromatic carbocycles. The Morgan fingerprint density at radius 2 is 2.32 bits per heavy atom. The molecular formula is C13H18F3N3O2S. The van der Waals surface area contributed by atoms with Gasteiger partial charge in [-0.15, -0.1) is 0 Å². The van der Waals surface area contributed by atoms with Crippen LogP contribution in [0.25, 0.3) is 0 Å². The topological polar surface area (TPSA) is 67.1 Å². The monoisotopic (exact) mass is 337 g/mol. The molecule has 1 aromatic heterocycles. The number of aromatic nitrogens is 2. The van der Waals surface area contributed by atoms with E-state index in [-0.39, 0.29) is 5.25 Å². The van der Waals surface area contributed by atoms with Gasteiger partial charge in [-0.2, -0.15) is 24.9 Å². The van der Waals surface area contributed by atoms with Crippen LogP contribution in [0.1, 0.15) is 25.1 Å². The van der Waals surface area contributed by atoms with Gasteiger partial charge < -0.3 is 15.0 Å². The van der Waals surface area contributed by atoms with E-state index < -0.39 is 29.9 Å². The Balaban J connectivity index is 2.07. The average molecular weight is 337 g/mol. The number of alkyl halides is 3. The van der Waals surface area contributed by atoms with Crippen LogP contribution in [0.3, 0.4) is 0 Å². The normalized spacial score (nSPS) is 21.6. The number of nitrogens with zero attached hydrogens (tertiary/aromatic N) is 2. The van der Waals surface area contributed by atoms with Crippen molar-refractivity contribution in [2.45, 2.75) is 36.3 Å². The van der Waals surface area contributed by atoms with E-state index in [0.717, 1.165) is 29.4 Å². The lowest BCUT2D eigenvalue weighted by atomic mass is 9.97. The third-order valence-electron chi connectivity index (χ3n) is 3.63. The van der Waals surface area contributed by atoms with Crippen molar-refractivity contribution >= 4 is 17.7 Å². The van der Waals surface area contributed by atoms with E-state index in [9.17, 15) is 23.1 Å². The van der Waals surface area contributed by atoms with Gasteiger partial charge in [0.2, 0.25) is 11.5 Å². The molecule has 1 amide bonds. The van der Waals surface area contributed by atoms with Crippen molar-refractivity contribution in [3.8, 4) is 0 Å². The summed E-state index contributed by atoms with van der Waals surface area (Å²) in [5.41, 5.74) is -3.29. The van der Waals surface area contributed by atoms with Crippen molar-refractivity contribution in [1.82, 2.24) is 14.9 Å². The number of thioether (sulfide) groups is 1. The van der Waals surface area contributed by atoms with Gasteiger partial charge in [-0.25, -0.2) is 4.98 Å². The molecule has 124 valence electrons. The molecule has 9 heteroatoms. The number of aryl methyl sites for hydroxylation is 1. The molecular weight excluding hydrogens is 319 g/mol. The van der Waals surface area contributed by atoms with E-state index >= 15 is 0 Å². The van der Waals surface area contributed by atoms with E-state index in [1.807, 2.05) is 0 Å². The van der Waals surface area contributed by atoms with Crippen LogP contribution in [-0.2, 0) is 17.4 Å². The minimum absolute atomic E-state index is 0.232. The maximum atomic E-state index is 13.3. The van der Waals surface area contributed by atoms with Gasteiger partial charge in [0.05, 0.1) is 6.42 Å². The van der Waals surface area contributed by atoms with Crippen molar-refractivity contribution in [3.05, 3.63) is 18.2 Å². The Hall–Kier alpha value is -1.22. The number of carbonyl (C=O) groups excluding carboxylic acids is 1. The molecule has 0 spiro atoms. The van der Waals surface area contributed by atoms with E-state index in [1.54, 1.807) is 11.8 Å². The lowest BCUT2D eigenvalue weighted by Crippen LogP contribution is -2.48. The molecule has 1 aliphatic rings. The highest BCUT2D eigenvalue weighted by Gasteiger charge is 2.58. The van der Waals surface area contributed by atoms with Gasteiger partial charge in [-0.3, -0.25) is 4.79 Å². The molecule has 1 aromatic rings. The number of hydrogen-bond acceptors (Lipinski definition) is 4. The van der Waals surface area contributed by atoms with Gasteiger partial charge in [-0.05, 0) is 18.6 Å². The average Bonchev–Trinajstić information content (AvgIpc) is 3.06. The molecule has 0 saturated carbocycles. The van der Waals surface area contributed by atoms with E-state index in [2.05, 4.69) is 10.3 Å². The number of imidazole rings is 1. The first-order valence-corrected chi connectivity index (χ1v) is 7.94. The highest BCUT2D eigenvalue weighted by molar-refractivity contribution is 8.00. The van der Waals surface area contributed by atoms with Gasteiger partial charge in [-0.1, -0.05) is 0 Å². The fraction of sp³-hybridized carbons (Fsp3) is 0.692. The molecule has 0 bridgehead atoms. The molecule has 5 nitrogen and oxygen atoms in total. The highest BCUT2D eigenvalue weighted by Crippen LogP contribution is 2.40. The summed E-state index contributed by atoms with van der Waals surface area (Å²) in [6.07, 6.45) is -1.67. The van der Waals surface area contributed by atoms with Crippen molar-refractivity contribution in [2.24, 2.45) is 7.05 Å². The molecule has 2 atom stereocenters. The minimum Gasteiger partial charge on any atom is -0.374 e. The molecule has 2 unspecified atom stereocenters. The summed E-state index contributed by atoms with van der Waals surface area (Å²) in [6.45, 7) is 0.317. The summed E-state index contributed by atoms with van der Waals surface area (Å²) in [5, 5.41) is 12.8. The fourth-order valence-electron chi connectivity index (χ4n) is 2.40. The molecule has 1 fully saturated rings. The summed E-state index contributed by atoms with van der Waals surface area (Å²) in [5.74, 6) is -0.430. The van der Waals surface area contributed by atoms with E-state index in [0.29, 0.717) is 6.54 Å². The van der Waals surface area contributed by atoms with Gasteiger partial charge in [0.25, 0.3) is 0 Å². The summed E-state index contributed by atoms with van der Waals surface area (Å²) in [4.78, 5) is 15.4. The van der Waals surface area contributed by atoms with Crippen LogP contribution in [0.5, 0.6) is 0 Å². The Morgan fingerprint density at radius 3 is 2.82 bits per heavy atom. The number of halogens is 3. The molecule has 0 aliphatic carbocycles. The smallest absolute Gasteiger partial charge is 0.374 e. The zero-order valence-electron chi connectivity index (χ0n) is 12.1. The van der Waals surface area contributed by atoms with Crippen LogP contribution in [0, 0.1) is 0 Å². The SMILES string of the molecule is Cn1ccnc1C(O)(CC(=O)NCC1CCCS1)C(F)(F)F. The minimum atomic E-state index is -4.99. The Morgan fingerprint density at radius 1 is 1.59 bits per heavy atom. The number of carbonyl (C=O) groups is 1. The second-order valence-electron chi connectivity index (χ2n) is 5.34. The summed E-state index contributed by atoms with van der Waals surface area (Å²) in [6, 6.07) is 0. The van der Waals surface area contributed by atoms with Gasteiger partial charge in [0.1, 0.15) is 0 Å². The Kier molecular flexibility index (Phi) is 5.06. The molecule has 1 aliphatic heterocycles. The van der Waals surface area contributed by atoms with Gasteiger partial charge in [0, 0.05) is 31.2 Å². The lowest BCUT2D eigenvalue weighted by Gasteiger charge is -2.29. The Bertz CT molecular complexity index is 529. The number of hydrogen-bond donors (Lipinski definition) is 2. The van der Waals surface area contributed by atoms with E-state index in [4.69, 9.17) is 0 Å². The number of aliphatic hydroxyl groups is 1. The molecule has 2 heterocycles. The molecule has 1 saturated heterocycles. The van der Waals surface area contributed by atoms with Crippen LogP contribution in [0.15, 0.2) is 12.4 Å². The summed E-state index contributed by atoms with van der Waals surface area (Å²) < 4.78 is 40.8. The quantitative estimate of drug-likeness (QED) is 0.856. The molecule has 0 radical (unpaired) electrons. The van der Waals surface area contributed by atoms with Crippen molar-refractivity contribution < 1.29 is 23.1 Å². The zero-order chi connectivity index (χ0) is 16.4. The van der Waals surface area contributed by atoms with Crippen LogP contribution in [0.2, 0.25) is 0 Å². The van der Waals surface area contributed by atoms with Crippen LogP contribution in [-0.4, -0.2) is 44.3 Å². The first-order chi connectivity index (χ1) is 10.2. The maximum Gasteiger partial charge on any atom is 0.425 e. The molecule has 2 N–H and O–H groups in total. The number of nitrogens with one attached hydrogen (secondary N) is 1. The lowest BCUT2D eigenvalue weighted by molar-refractivity contribution is -0.271. The molecule has 22 heavy (non-hydrogen) atoms. The zero-order valence-corrected chi connectivity index (χ0v) is 12.9. The van der Waals surface area contributed by atoms with Gasteiger partial charge in [0.15, 0.2) is 5.82 Å². The third kappa shape index (κ3) is 3.57. The third-order valence-corrected chi connectivity index (χ3v) is 5.03. The van der Waals surface area contributed by atoms with Crippen molar-refractivity contribution in [2.75, 3.05) is 12.3 Å². The first kappa shape index (κ1) is 17.1. The van der Waals surface area contributed by atoms with Crippen molar-refractivity contribution in [3.63, 3.8) is 0 Å². The largest absolute Gasteiger partial charge is 0.425 e. The first-order valence-electron chi connectivity index (χ1n) is 6.89. The van der Waals surface area contributed by atoms with Crippen LogP contribution >= 0.6 is 11.8 Å². The number of amides is 1. The second-order valence-corrected chi connectivity index (χ2v) is 6.74. The Labute approximate surface area is 130 Å². The summed E-state index contributed by atoms with van der Waals surface area (Å²) in [7, 11) is 1.34. The second kappa shape index (κ2) is 6.49. The van der Waals surface area contributed by atoms with Crippen LogP contribution in [0.4, 0.5) is 13.2 Å². The van der Waals surface area contributed by atoms with Gasteiger partial charge >= 0.3 is 6.18 Å². The molecule has 2 rings (SSSR count). The standard InChI is InChI=1S/C13H18F3N3O2S/c1-19-5-4-17-11(19)12(21,13(14,15)16)7-10(20)18-8-9-3-2-6-22-9/h4-5,9,21H,2-3,6-8H2,1H3,(H,18,20). The fourth-order valence-corrected chi connectivity index (χ4v) is 3.60. The predicted molar refractivity (Wildman–Crippen MR) is 76.3 cm³/mol. The predicted octanol–water partition coefficient (Wildman–Crippen LogP) is 1.57. The van der Waals surface area contributed by atoms with Crippen LogP contribution < -0.4 is 5.32 Å². The number of rotatable bonds is 5. The highest BCUT2D eigenvalue weighted by atomic mass is 32.2.